The average Bonchev–Trinajstić information content (AvgIpc) is 2.70. The smallest absolute Gasteiger partial charge is 0.408 e. The Bertz CT molecular complexity index is 855. The summed E-state index contributed by atoms with van der Waals surface area (Å²) in [4.78, 5) is 23.1. The number of ether oxygens (including phenoxy) is 1. The number of halogens is 1. The second-order valence-corrected chi connectivity index (χ2v) is 6.96. The zero-order chi connectivity index (χ0) is 20.4. The Labute approximate surface area is 166 Å². The summed E-state index contributed by atoms with van der Waals surface area (Å²) in [5.74, 6) is -0.900. The molecule has 2 N–H and O–H groups in total. The third-order valence-electron chi connectivity index (χ3n) is 3.79. The van der Waals surface area contributed by atoms with Crippen LogP contribution in [-0.4, -0.2) is 29.0 Å². The van der Waals surface area contributed by atoms with Crippen molar-refractivity contribution in [3.05, 3.63) is 71.0 Å². The predicted octanol–water partition coefficient (Wildman–Crippen LogP) is 3.70. The van der Waals surface area contributed by atoms with E-state index in [-0.39, 0.29) is 18.6 Å². The monoisotopic (exact) mass is 402 g/mol. The molecular formula is C20H19FN2O4S. The summed E-state index contributed by atoms with van der Waals surface area (Å²) in [5.41, 5.74) is 1.48. The lowest BCUT2D eigenvalue weighted by Crippen LogP contribution is -2.41. The number of hydrogen-bond acceptors (Lipinski definition) is 5. The van der Waals surface area contributed by atoms with Crippen LogP contribution in [0.2, 0.25) is 0 Å². The third kappa shape index (κ3) is 6.93. The zero-order valence-electron chi connectivity index (χ0n) is 14.9. The number of alkyl carbamates (subject to hydrolysis) is 1. The van der Waals surface area contributed by atoms with Gasteiger partial charge in [0.15, 0.2) is 0 Å². The number of carbonyl (C=O) groups is 2. The first-order chi connectivity index (χ1) is 13.5. The van der Waals surface area contributed by atoms with Gasteiger partial charge in [0, 0.05) is 5.75 Å². The maximum absolute atomic E-state index is 13.8. The first-order valence-electron chi connectivity index (χ1n) is 8.46. The molecule has 0 aliphatic heterocycles. The maximum atomic E-state index is 13.8. The SMILES string of the molecule is N#Cc1ccc(CSCCC(NC(=O)OCc2ccccc2)C(=O)O)c(F)c1. The van der Waals surface area contributed by atoms with E-state index in [1.807, 2.05) is 24.3 Å². The highest BCUT2D eigenvalue weighted by atomic mass is 32.2. The normalized spacial score (nSPS) is 11.3. The van der Waals surface area contributed by atoms with Crippen LogP contribution in [0.15, 0.2) is 48.5 Å². The summed E-state index contributed by atoms with van der Waals surface area (Å²) >= 11 is 1.34. The van der Waals surface area contributed by atoms with Gasteiger partial charge < -0.3 is 15.2 Å². The van der Waals surface area contributed by atoms with Gasteiger partial charge in [-0.25, -0.2) is 14.0 Å². The number of carboxylic acid groups (broad SMARTS) is 1. The molecule has 0 aliphatic carbocycles. The van der Waals surface area contributed by atoms with Crippen molar-refractivity contribution in [2.24, 2.45) is 0 Å². The molecule has 1 amide bonds. The molecule has 2 aromatic carbocycles. The molecule has 146 valence electrons. The first kappa shape index (κ1) is 21.3. The van der Waals surface area contributed by atoms with Crippen LogP contribution in [0.1, 0.15) is 23.1 Å². The quantitative estimate of drug-likeness (QED) is 0.621. The number of carbonyl (C=O) groups excluding carboxylic acids is 1. The van der Waals surface area contributed by atoms with Gasteiger partial charge in [0.1, 0.15) is 18.5 Å². The molecule has 0 radical (unpaired) electrons. The summed E-state index contributed by atoms with van der Waals surface area (Å²) in [6, 6.07) is 14.0. The molecule has 0 heterocycles. The largest absolute Gasteiger partial charge is 0.480 e. The van der Waals surface area contributed by atoms with Gasteiger partial charge in [0.05, 0.1) is 11.6 Å². The van der Waals surface area contributed by atoms with Crippen LogP contribution < -0.4 is 5.32 Å². The highest BCUT2D eigenvalue weighted by Gasteiger charge is 2.20. The molecule has 1 atom stereocenters. The molecule has 0 saturated carbocycles. The zero-order valence-corrected chi connectivity index (χ0v) is 15.7. The maximum Gasteiger partial charge on any atom is 0.408 e. The Balaban J connectivity index is 1.75. The molecule has 0 aliphatic rings. The van der Waals surface area contributed by atoms with Crippen molar-refractivity contribution in [1.29, 1.82) is 5.26 Å². The molecule has 0 saturated heterocycles. The van der Waals surface area contributed by atoms with Gasteiger partial charge in [0.2, 0.25) is 0 Å². The van der Waals surface area contributed by atoms with Crippen LogP contribution in [-0.2, 0) is 21.9 Å². The van der Waals surface area contributed by atoms with Gasteiger partial charge in [-0.3, -0.25) is 0 Å². The number of carboxylic acids is 1. The Hall–Kier alpha value is -3.05. The lowest BCUT2D eigenvalue weighted by atomic mass is 10.1. The van der Waals surface area contributed by atoms with E-state index in [0.717, 1.165) is 5.56 Å². The van der Waals surface area contributed by atoms with Crippen LogP contribution in [0.25, 0.3) is 0 Å². The standard InChI is InChI=1S/C20H19FN2O4S/c21-17-10-15(11-22)6-7-16(17)13-28-9-8-18(19(24)25)23-20(26)27-12-14-4-2-1-3-5-14/h1-7,10,18H,8-9,12-13H2,(H,23,26)(H,24,25). The summed E-state index contributed by atoms with van der Waals surface area (Å²) < 4.78 is 18.8. The molecule has 0 fully saturated rings. The molecular weight excluding hydrogens is 383 g/mol. The molecule has 6 nitrogen and oxygen atoms in total. The molecule has 8 heteroatoms. The fraction of sp³-hybridized carbons (Fsp3) is 0.250. The van der Waals surface area contributed by atoms with E-state index in [2.05, 4.69) is 5.32 Å². The summed E-state index contributed by atoms with van der Waals surface area (Å²) in [6.45, 7) is 0.0474. The van der Waals surface area contributed by atoms with Crippen LogP contribution in [0.3, 0.4) is 0 Å². The van der Waals surface area contributed by atoms with Gasteiger partial charge in [-0.15, -0.1) is 0 Å². The van der Waals surface area contributed by atoms with Crippen LogP contribution in [0.5, 0.6) is 0 Å². The number of aliphatic carboxylic acids is 1. The number of nitrogens with zero attached hydrogens (tertiary/aromatic N) is 1. The predicted molar refractivity (Wildman–Crippen MR) is 103 cm³/mol. The second-order valence-electron chi connectivity index (χ2n) is 5.86. The molecule has 2 rings (SSSR count). The van der Waals surface area contributed by atoms with Crippen molar-refractivity contribution in [1.82, 2.24) is 5.32 Å². The number of thioether (sulfide) groups is 1. The van der Waals surface area contributed by atoms with E-state index in [0.29, 0.717) is 17.1 Å². The third-order valence-corrected chi connectivity index (χ3v) is 4.83. The Kier molecular flexibility index (Phi) is 8.31. The van der Waals surface area contributed by atoms with Gasteiger partial charge >= 0.3 is 12.1 Å². The Morgan fingerprint density at radius 2 is 2.00 bits per heavy atom. The number of amides is 1. The van der Waals surface area contributed by atoms with Crippen molar-refractivity contribution >= 4 is 23.8 Å². The minimum atomic E-state index is -1.16. The summed E-state index contributed by atoms with van der Waals surface area (Å²) in [6.07, 6.45) is -0.641. The van der Waals surface area contributed by atoms with Crippen molar-refractivity contribution < 1.29 is 23.8 Å². The lowest BCUT2D eigenvalue weighted by Gasteiger charge is -2.14. The van der Waals surface area contributed by atoms with Gasteiger partial charge in [0.25, 0.3) is 0 Å². The number of rotatable bonds is 9. The first-order valence-corrected chi connectivity index (χ1v) is 9.61. The van der Waals surface area contributed by atoms with Crippen molar-refractivity contribution in [2.45, 2.75) is 24.8 Å². The van der Waals surface area contributed by atoms with E-state index >= 15 is 0 Å². The summed E-state index contributed by atoms with van der Waals surface area (Å²) in [7, 11) is 0. The molecule has 0 aromatic heterocycles. The van der Waals surface area contributed by atoms with Crippen LogP contribution in [0.4, 0.5) is 9.18 Å². The minimum Gasteiger partial charge on any atom is -0.480 e. The van der Waals surface area contributed by atoms with Crippen LogP contribution in [0, 0.1) is 17.1 Å². The topological polar surface area (TPSA) is 99.4 Å². The summed E-state index contributed by atoms with van der Waals surface area (Å²) in [5, 5.41) is 20.3. The molecule has 0 spiro atoms. The fourth-order valence-electron chi connectivity index (χ4n) is 2.28. The van der Waals surface area contributed by atoms with E-state index in [9.17, 15) is 19.1 Å². The van der Waals surface area contributed by atoms with Crippen molar-refractivity contribution in [2.75, 3.05) is 5.75 Å². The lowest BCUT2D eigenvalue weighted by molar-refractivity contribution is -0.139. The van der Waals surface area contributed by atoms with Crippen molar-refractivity contribution in [3.8, 4) is 6.07 Å². The van der Waals surface area contributed by atoms with Gasteiger partial charge in [-0.2, -0.15) is 17.0 Å². The number of nitriles is 1. The molecule has 0 bridgehead atoms. The number of benzene rings is 2. The van der Waals surface area contributed by atoms with Gasteiger partial charge in [-0.05, 0) is 35.4 Å². The number of hydrogen-bond donors (Lipinski definition) is 2. The average molecular weight is 402 g/mol. The minimum absolute atomic E-state index is 0.0474. The Morgan fingerprint density at radius 3 is 2.64 bits per heavy atom. The molecule has 2 aromatic rings. The van der Waals surface area contributed by atoms with E-state index in [4.69, 9.17) is 10.00 Å². The number of nitrogens with one attached hydrogen (secondary N) is 1. The van der Waals surface area contributed by atoms with Crippen LogP contribution >= 0.6 is 11.8 Å². The highest BCUT2D eigenvalue weighted by molar-refractivity contribution is 7.98. The molecule has 28 heavy (non-hydrogen) atoms. The van der Waals surface area contributed by atoms with E-state index < -0.39 is 23.9 Å². The fourth-order valence-corrected chi connectivity index (χ4v) is 3.28. The molecule has 1 unspecified atom stereocenters. The van der Waals surface area contributed by atoms with E-state index in [1.54, 1.807) is 12.1 Å². The van der Waals surface area contributed by atoms with Gasteiger partial charge in [-0.1, -0.05) is 36.4 Å². The van der Waals surface area contributed by atoms with E-state index in [1.165, 1.54) is 30.0 Å². The highest BCUT2D eigenvalue weighted by Crippen LogP contribution is 2.18. The second kappa shape index (κ2) is 10.9. The Morgan fingerprint density at radius 1 is 1.25 bits per heavy atom. The van der Waals surface area contributed by atoms with Crippen molar-refractivity contribution in [3.63, 3.8) is 0 Å².